The van der Waals surface area contributed by atoms with Crippen LogP contribution in [0.1, 0.15) is 23.3 Å². The van der Waals surface area contributed by atoms with Crippen LogP contribution in [0.2, 0.25) is 5.02 Å². The minimum atomic E-state index is -0.183. The van der Waals surface area contributed by atoms with Gasteiger partial charge in [-0.2, -0.15) is 0 Å². The average molecular weight is 284 g/mol. The molecule has 0 aromatic carbocycles. The molecule has 0 aliphatic carbocycles. The van der Waals surface area contributed by atoms with Crippen LogP contribution in [0.4, 0.5) is 5.82 Å². The van der Waals surface area contributed by atoms with Gasteiger partial charge in [0, 0.05) is 27.2 Å². The number of halogens is 1. The first-order valence-electron chi connectivity index (χ1n) is 6.33. The summed E-state index contributed by atoms with van der Waals surface area (Å²) in [5.41, 5.74) is 0.272. The molecule has 0 spiro atoms. The predicted octanol–water partition coefficient (Wildman–Crippen LogP) is 2.03. The van der Waals surface area contributed by atoms with Gasteiger partial charge < -0.3 is 15.0 Å². The Balaban J connectivity index is 2.09. The van der Waals surface area contributed by atoms with E-state index in [0.29, 0.717) is 17.4 Å². The lowest BCUT2D eigenvalue weighted by atomic mass is 10.2. The summed E-state index contributed by atoms with van der Waals surface area (Å²) in [5.74, 6) is 0.441. The quantitative estimate of drug-likeness (QED) is 0.919. The van der Waals surface area contributed by atoms with Crippen LogP contribution in [0.25, 0.3) is 0 Å². The number of carbonyl (C=O) groups excluding carboxylic acids is 1. The summed E-state index contributed by atoms with van der Waals surface area (Å²) in [6.45, 7) is 1.35. The van der Waals surface area contributed by atoms with Crippen LogP contribution in [-0.2, 0) is 4.74 Å². The third-order valence-corrected chi connectivity index (χ3v) is 3.46. The number of hydrogen-bond donors (Lipinski definition) is 1. The second-order valence-electron chi connectivity index (χ2n) is 4.60. The van der Waals surface area contributed by atoms with Crippen LogP contribution in [0.5, 0.6) is 0 Å². The van der Waals surface area contributed by atoms with Crippen molar-refractivity contribution in [1.29, 1.82) is 0 Å². The van der Waals surface area contributed by atoms with E-state index < -0.39 is 0 Å². The summed E-state index contributed by atoms with van der Waals surface area (Å²) < 4.78 is 5.53. The molecule has 1 unspecified atom stereocenters. The lowest BCUT2D eigenvalue weighted by molar-refractivity contribution is 0.0583. The van der Waals surface area contributed by atoms with Crippen LogP contribution in [0.3, 0.4) is 0 Å². The summed E-state index contributed by atoms with van der Waals surface area (Å²) >= 11 is 6.04. The van der Waals surface area contributed by atoms with E-state index in [2.05, 4.69) is 10.3 Å². The van der Waals surface area contributed by atoms with E-state index in [4.69, 9.17) is 16.3 Å². The highest BCUT2D eigenvalue weighted by Gasteiger charge is 2.23. The molecule has 0 bridgehead atoms. The number of aromatic nitrogens is 1. The minimum Gasteiger partial charge on any atom is -0.376 e. The van der Waals surface area contributed by atoms with Gasteiger partial charge in [0.25, 0.3) is 5.91 Å². The van der Waals surface area contributed by atoms with Gasteiger partial charge in [-0.3, -0.25) is 4.79 Å². The Morgan fingerprint density at radius 2 is 2.42 bits per heavy atom. The van der Waals surface area contributed by atoms with Crippen molar-refractivity contribution >= 4 is 23.3 Å². The fraction of sp³-hybridized carbons (Fsp3) is 0.538. The van der Waals surface area contributed by atoms with Gasteiger partial charge in [0.15, 0.2) is 0 Å². The second-order valence-corrected chi connectivity index (χ2v) is 5.00. The molecule has 1 aliphatic rings. The molecule has 1 aromatic rings. The van der Waals surface area contributed by atoms with Gasteiger partial charge in [-0.25, -0.2) is 4.98 Å². The molecule has 2 heterocycles. The summed E-state index contributed by atoms with van der Waals surface area (Å²) in [4.78, 5) is 18.1. The van der Waals surface area contributed by atoms with Crippen molar-refractivity contribution in [2.45, 2.75) is 18.9 Å². The van der Waals surface area contributed by atoms with Crippen molar-refractivity contribution in [3.63, 3.8) is 0 Å². The highest BCUT2D eigenvalue weighted by molar-refractivity contribution is 6.33. The van der Waals surface area contributed by atoms with Crippen LogP contribution < -0.4 is 5.32 Å². The predicted molar refractivity (Wildman–Crippen MR) is 74.7 cm³/mol. The SMILES string of the molecule is CNc1ccc(Cl)c(C(=O)N(C)CC2CCCO2)n1. The Hall–Kier alpha value is -1.33. The average Bonchev–Trinajstić information content (AvgIpc) is 2.91. The van der Waals surface area contributed by atoms with Crippen LogP contribution in [0.15, 0.2) is 12.1 Å². The van der Waals surface area contributed by atoms with Crippen molar-refractivity contribution in [2.24, 2.45) is 0 Å². The maximum atomic E-state index is 12.3. The van der Waals surface area contributed by atoms with Gasteiger partial charge in [-0.1, -0.05) is 11.6 Å². The zero-order valence-corrected chi connectivity index (χ0v) is 11.9. The van der Waals surface area contributed by atoms with E-state index in [0.717, 1.165) is 19.4 Å². The largest absolute Gasteiger partial charge is 0.376 e. The summed E-state index contributed by atoms with van der Waals surface area (Å²) in [6.07, 6.45) is 2.18. The molecule has 1 fully saturated rings. The number of nitrogens with one attached hydrogen (secondary N) is 1. The number of rotatable bonds is 4. The Morgan fingerprint density at radius 1 is 1.63 bits per heavy atom. The third kappa shape index (κ3) is 3.36. The number of ether oxygens (including phenoxy) is 1. The minimum absolute atomic E-state index is 0.125. The number of likely N-dealkylation sites (N-methyl/N-ethyl adjacent to an activating group) is 1. The summed E-state index contributed by atoms with van der Waals surface area (Å²) in [6, 6.07) is 3.41. The first-order valence-corrected chi connectivity index (χ1v) is 6.71. The fourth-order valence-corrected chi connectivity index (χ4v) is 2.27. The smallest absolute Gasteiger partial charge is 0.273 e. The molecular formula is C13H18ClN3O2. The number of hydrogen-bond acceptors (Lipinski definition) is 4. The second kappa shape index (κ2) is 6.21. The Bertz CT molecular complexity index is 461. The third-order valence-electron chi connectivity index (χ3n) is 3.15. The van der Waals surface area contributed by atoms with Crippen LogP contribution in [-0.4, -0.2) is 49.1 Å². The van der Waals surface area contributed by atoms with Gasteiger partial charge >= 0.3 is 0 Å². The maximum Gasteiger partial charge on any atom is 0.273 e. The molecule has 0 saturated carbocycles. The first kappa shape index (κ1) is 14.1. The molecule has 19 heavy (non-hydrogen) atoms. The number of anilines is 1. The molecule has 5 nitrogen and oxygen atoms in total. The molecule has 1 aliphatic heterocycles. The van der Waals surface area contributed by atoms with E-state index in [1.165, 1.54) is 0 Å². The van der Waals surface area contributed by atoms with E-state index in [-0.39, 0.29) is 17.7 Å². The van der Waals surface area contributed by atoms with Gasteiger partial charge in [-0.05, 0) is 25.0 Å². The summed E-state index contributed by atoms with van der Waals surface area (Å²) in [5, 5.41) is 3.26. The van der Waals surface area contributed by atoms with Crippen LogP contribution in [0, 0.1) is 0 Å². The Labute approximate surface area is 117 Å². The molecule has 0 radical (unpaired) electrons. The molecule has 1 N–H and O–H groups in total. The molecule has 1 amide bonds. The molecule has 1 saturated heterocycles. The van der Waals surface area contributed by atoms with E-state index in [1.807, 2.05) is 0 Å². The Morgan fingerprint density at radius 3 is 3.05 bits per heavy atom. The fourth-order valence-electron chi connectivity index (χ4n) is 2.09. The number of pyridine rings is 1. The maximum absolute atomic E-state index is 12.3. The molecule has 1 atom stereocenters. The van der Waals surface area contributed by atoms with Gasteiger partial charge in [-0.15, -0.1) is 0 Å². The molecule has 2 rings (SSSR count). The summed E-state index contributed by atoms with van der Waals surface area (Å²) in [7, 11) is 3.49. The molecule has 1 aromatic heterocycles. The van der Waals surface area contributed by atoms with Crippen molar-refractivity contribution in [1.82, 2.24) is 9.88 Å². The molecule has 104 valence electrons. The van der Waals surface area contributed by atoms with Crippen LogP contribution >= 0.6 is 11.6 Å². The highest BCUT2D eigenvalue weighted by Crippen LogP contribution is 2.19. The first-order chi connectivity index (χ1) is 9.11. The lowest BCUT2D eigenvalue weighted by Gasteiger charge is -2.21. The number of nitrogens with zero attached hydrogens (tertiary/aromatic N) is 2. The monoisotopic (exact) mass is 283 g/mol. The topological polar surface area (TPSA) is 54.5 Å². The molecule has 6 heteroatoms. The van der Waals surface area contributed by atoms with Crippen molar-refractivity contribution in [3.8, 4) is 0 Å². The molecular weight excluding hydrogens is 266 g/mol. The van der Waals surface area contributed by atoms with E-state index in [9.17, 15) is 4.79 Å². The lowest BCUT2D eigenvalue weighted by Crippen LogP contribution is -2.34. The van der Waals surface area contributed by atoms with Gasteiger partial charge in [0.2, 0.25) is 0 Å². The normalized spacial score (nSPS) is 18.4. The van der Waals surface area contributed by atoms with E-state index >= 15 is 0 Å². The zero-order chi connectivity index (χ0) is 13.8. The van der Waals surface area contributed by atoms with Gasteiger partial charge in [0.05, 0.1) is 11.1 Å². The van der Waals surface area contributed by atoms with Crippen molar-refractivity contribution in [2.75, 3.05) is 32.6 Å². The zero-order valence-electron chi connectivity index (χ0n) is 11.1. The Kier molecular flexibility index (Phi) is 4.61. The standard InChI is InChI=1S/C13H18ClN3O2/c1-15-11-6-5-10(14)12(16-11)13(18)17(2)8-9-4-3-7-19-9/h5-6,9H,3-4,7-8H2,1-2H3,(H,15,16). The number of carbonyl (C=O) groups is 1. The van der Waals surface area contributed by atoms with Crippen molar-refractivity contribution < 1.29 is 9.53 Å². The van der Waals surface area contributed by atoms with Crippen molar-refractivity contribution in [3.05, 3.63) is 22.8 Å². The number of amides is 1. The van der Waals surface area contributed by atoms with Gasteiger partial charge in [0.1, 0.15) is 11.5 Å². The highest BCUT2D eigenvalue weighted by atomic mass is 35.5. The van der Waals surface area contributed by atoms with E-state index in [1.54, 1.807) is 31.1 Å².